The summed E-state index contributed by atoms with van der Waals surface area (Å²) in [5.74, 6) is 0.0813. The number of Topliss-reactive ketones (excluding diaryl/α,β-unsaturated/α-hetero) is 1. The van der Waals surface area contributed by atoms with Gasteiger partial charge in [0, 0.05) is 4.47 Å². The van der Waals surface area contributed by atoms with Crippen LogP contribution in [0.1, 0.15) is 18.4 Å². The molecule has 0 saturated carbocycles. The fraction of sp³-hybridized carbons (Fsp3) is 0.250. The van der Waals surface area contributed by atoms with Gasteiger partial charge < -0.3 is 15.2 Å². The first kappa shape index (κ1) is 16.1. The van der Waals surface area contributed by atoms with Gasteiger partial charge in [-0.2, -0.15) is 0 Å². The minimum absolute atomic E-state index is 0.0126. The molecule has 1 aromatic rings. The van der Waals surface area contributed by atoms with Crippen molar-refractivity contribution >= 4 is 38.5 Å². The molecule has 0 radical (unpaired) electrons. The molecule has 0 saturated heterocycles. The number of hydrogen-bond acceptors (Lipinski definition) is 5. The van der Waals surface area contributed by atoms with Crippen molar-refractivity contribution in [3.05, 3.63) is 57.3 Å². The van der Waals surface area contributed by atoms with E-state index in [-0.39, 0.29) is 29.1 Å². The average Bonchev–Trinajstić information content (AvgIpc) is 2.53. The summed E-state index contributed by atoms with van der Waals surface area (Å²) >= 11 is 9.65. The van der Waals surface area contributed by atoms with Gasteiger partial charge in [-0.15, -0.1) is 0 Å². The predicted molar refractivity (Wildman–Crippen MR) is 91.0 cm³/mol. The van der Waals surface area contributed by atoms with Crippen LogP contribution in [0.25, 0.3) is 0 Å². The molecule has 120 valence electrons. The number of carbonyl (C=O) groups is 1. The summed E-state index contributed by atoms with van der Waals surface area (Å²) in [6.07, 6.45) is 0. The number of rotatable bonds is 3. The maximum Gasteiger partial charge on any atom is 0.230 e. The molecule has 0 aliphatic carbocycles. The smallest absolute Gasteiger partial charge is 0.230 e. The molecular weight excluding hydrogens is 384 g/mol. The summed E-state index contributed by atoms with van der Waals surface area (Å²) in [7, 11) is 0. The Morgan fingerprint density at radius 2 is 2.22 bits per heavy atom. The highest BCUT2D eigenvalue weighted by Crippen LogP contribution is 2.44. The highest BCUT2D eigenvalue weighted by Gasteiger charge is 2.41. The lowest BCUT2D eigenvalue weighted by Gasteiger charge is -2.32. The molecule has 1 unspecified atom stereocenters. The van der Waals surface area contributed by atoms with Crippen molar-refractivity contribution in [1.29, 1.82) is 0 Å². The van der Waals surface area contributed by atoms with Crippen LogP contribution in [0.3, 0.4) is 0 Å². The van der Waals surface area contributed by atoms with Gasteiger partial charge in [0.05, 0.1) is 18.1 Å². The second-order valence-corrected chi connectivity index (χ2v) is 6.20. The molecule has 5 nitrogen and oxygen atoms in total. The fourth-order valence-corrected chi connectivity index (χ4v) is 3.39. The highest BCUT2D eigenvalue weighted by atomic mass is 79.9. The Balaban J connectivity index is 2.23. The van der Waals surface area contributed by atoms with Crippen LogP contribution in [-0.2, 0) is 14.3 Å². The molecule has 0 aromatic heterocycles. The first-order valence-corrected chi connectivity index (χ1v) is 8.24. The SMILES string of the molecule is CCOC1=C(N)OC2=C(C(=O)CN=C2Cl)C1c1ccccc1Br. The van der Waals surface area contributed by atoms with Gasteiger partial charge in [0.15, 0.2) is 22.5 Å². The summed E-state index contributed by atoms with van der Waals surface area (Å²) in [6, 6.07) is 7.59. The Kier molecular flexibility index (Phi) is 4.46. The van der Waals surface area contributed by atoms with Crippen LogP contribution >= 0.6 is 27.5 Å². The zero-order valence-corrected chi connectivity index (χ0v) is 14.6. The third kappa shape index (κ3) is 2.77. The van der Waals surface area contributed by atoms with Crippen LogP contribution in [0.5, 0.6) is 0 Å². The largest absolute Gasteiger partial charge is 0.492 e. The van der Waals surface area contributed by atoms with E-state index in [9.17, 15) is 4.79 Å². The number of hydrogen-bond donors (Lipinski definition) is 1. The number of nitrogens with two attached hydrogens (primary N) is 1. The predicted octanol–water partition coefficient (Wildman–Crippen LogP) is 3.20. The molecular formula is C16H14BrClN2O3. The Hall–Kier alpha value is -1.79. The summed E-state index contributed by atoms with van der Waals surface area (Å²) in [5, 5.41) is 0.148. The fourth-order valence-electron chi connectivity index (χ4n) is 2.67. The second-order valence-electron chi connectivity index (χ2n) is 4.99. The lowest BCUT2D eigenvalue weighted by atomic mass is 9.84. The molecule has 0 amide bonds. The van der Waals surface area contributed by atoms with Crippen molar-refractivity contribution in [2.45, 2.75) is 12.8 Å². The van der Waals surface area contributed by atoms with E-state index in [1.54, 1.807) is 0 Å². The number of benzene rings is 1. The third-order valence-electron chi connectivity index (χ3n) is 3.62. The molecule has 1 atom stereocenters. The second kappa shape index (κ2) is 6.37. The normalized spacial score (nSPS) is 20.9. The van der Waals surface area contributed by atoms with E-state index in [1.165, 1.54) is 0 Å². The maximum absolute atomic E-state index is 12.5. The lowest BCUT2D eigenvalue weighted by Crippen LogP contribution is -2.32. The highest BCUT2D eigenvalue weighted by molar-refractivity contribution is 9.10. The van der Waals surface area contributed by atoms with Gasteiger partial charge >= 0.3 is 0 Å². The van der Waals surface area contributed by atoms with Gasteiger partial charge in [0.1, 0.15) is 6.54 Å². The third-order valence-corrected chi connectivity index (χ3v) is 4.63. The Bertz CT molecular complexity index is 770. The number of carbonyl (C=O) groups excluding carboxylic acids is 1. The first-order valence-electron chi connectivity index (χ1n) is 7.07. The van der Waals surface area contributed by atoms with Gasteiger partial charge in [-0.3, -0.25) is 9.79 Å². The molecule has 1 aromatic carbocycles. The van der Waals surface area contributed by atoms with Crippen LogP contribution in [-0.4, -0.2) is 24.1 Å². The summed E-state index contributed by atoms with van der Waals surface area (Å²) in [6.45, 7) is 2.23. The van der Waals surface area contributed by atoms with Crippen LogP contribution < -0.4 is 5.73 Å². The van der Waals surface area contributed by atoms with E-state index in [0.717, 1.165) is 10.0 Å². The number of ether oxygens (including phenoxy) is 2. The van der Waals surface area contributed by atoms with Crippen molar-refractivity contribution in [1.82, 2.24) is 0 Å². The molecule has 2 N–H and O–H groups in total. The monoisotopic (exact) mass is 396 g/mol. The Morgan fingerprint density at radius 1 is 1.48 bits per heavy atom. The first-order chi connectivity index (χ1) is 11.0. The van der Waals surface area contributed by atoms with Crippen LogP contribution in [0, 0.1) is 0 Å². The summed E-state index contributed by atoms with van der Waals surface area (Å²) in [4.78, 5) is 16.5. The number of allylic oxidation sites excluding steroid dienone is 2. The van der Waals surface area contributed by atoms with Crippen molar-refractivity contribution in [2.75, 3.05) is 13.2 Å². The van der Waals surface area contributed by atoms with E-state index < -0.39 is 5.92 Å². The number of ketones is 1. The molecule has 2 aliphatic rings. The molecule has 2 heterocycles. The molecule has 0 spiro atoms. The minimum atomic E-state index is -0.481. The van der Waals surface area contributed by atoms with Crippen LogP contribution in [0.15, 0.2) is 56.7 Å². The van der Waals surface area contributed by atoms with Crippen molar-refractivity contribution in [2.24, 2.45) is 10.7 Å². The average molecular weight is 398 g/mol. The molecule has 0 fully saturated rings. The van der Waals surface area contributed by atoms with Gasteiger partial charge in [-0.25, -0.2) is 0 Å². The van der Waals surface area contributed by atoms with E-state index in [1.807, 2.05) is 31.2 Å². The molecule has 7 heteroatoms. The van der Waals surface area contributed by atoms with Crippen molar-refractivity contribution < 1.29 is 14.3 Å². The Labute approximate surface area is 146 Å². The number of nitrogens with zero attached hydrogens (tertiary/aromatic N) is 1. The zero-order valence-electron chi connectivity index (χ0n) is 12.3. The molecule has 0 bridgehead atoms. The number of dihydropyridines is 1. The van der Waals surface area contributed by atoms with Gasteiger partial charge in [0.25, 0.3) is 0 Å². The van der Waals surface area contributed by atoms with Crippen LogP contribution in [0.2, 0.25) is 0 Å². The zero-order chi connectivity index (χ0) is 16.6. The standard InChI is InChI=1S/C16H14BrClN2O3/c1-2-22-14-11(8-5-3-4-6-9(8)17)12-10(21)7-20-15(18)13(12)23-16(14)19/h3-6,11H,2,7,19H2,1H3. The van der Waals surface area contributed by atoms with E-state index in [4.69, 9.17) is 26.8 Å². The molecule has 2 aliphatic heterocycles. The minimum Gasteiger partial charge on any atom is -0.492 e. The summed E-state index contributed by atoms with van der Waals surface area (Å²) in [5.41, 5.74) is 7.30. The van der Waals surface area contributed by atoms with Gasteiger partial charge in [0.2, 0.25) is 5.88 Å². The van der Waals surface area contributed by atoms with E-state index in [0.29, 0.717) is 17.9 Å². The van der Waals surface area contributed by atoms with E-state index >= 15 is 0 Å². The maximum atomic E-state index is 12.5. The number of aliphatic imine (C=N–C) groups is 1. The van der Waals surface area contributed by atoms with Crippen molar-refractivity contribution in [3.63, 3.8) is 0 Å². The van der Waals surface area contributed by atoms with E-state index in [2.05, 4.69) is 20.9 Å². The lowest BCUT2D eigenvalue weighted by molar-refractivity contribution is -0.115. The quantitative estimate of drug-likeness (QED) is 0.850. The number of halogens is 2. The Morgan fingerprint density at radius 3 is 2.91 bits per heavy atom. The van der Waals surface area contributed by atoms with Crippen LogP contribution in [0.4, 0.5) is 0 Å². The molecule has 3 rings (SSSR count). The van der Waals surface area contributed by atoms with Gasteiger partial charge in [-0.1, -0.05) is 45.7 Å². The topological polar surface area (TPSA) is 73.9 Å². The van der Waals surface area contributed by atoms with Gasteiger partial charge in [-0.05, 0) is 18.6 Å². The summed E-state index contributed by atoms with van der Waals surface area (Å²) < 4.78 is 12.1. The molecule has 23 heavy (non-hydrogen) atoms. The van der Waals surface area contributed by atoms with Crippen molar-refractivity contribution in [3.8, 4) is 0 Å².